The molecule has 142 valence electrons. The summed E-state index contributed by atoms with van der Waals surface area (Å²) in [6.45, 7) is 3.99. The minimum Gasteiger partial charge on any atom is -0.486 e. The van der Waals surface area contributed by atoms with E-state index in [1.807, 2.05) is 23.1 Å². The molecule has 0 saturated carbocycles. The van der Waals surface area contributed by atoms with Crippen molar-refractivity contribution >= 4 is 23.4 Å². The molecule has 2 aliphatic rings. The van der Waals surface area contributed by atoms with Gasteiger partial charge in [0.05, 0.1) is 5.75 Å². The van der Waals surface area contributed by atoms with Gasteiger partial charge >= 0.3 is 0 Å². The average molecular weight is 388 g/mol. The number of halogens is 1. The van der Waals surface area contributed by atoms with Crippen LogP contribution in [0.4, 0.5) is 10.1 Å². The van der Waals surface area contributed by atoms with Gasteiger partial charge in [-0.1, -0.05) is 0 Å². The molecule has 1 fully saturated rings. The molecule has 1 amide bonds. The number of hydrogen-bond acceptors (Lipinski definition) is 5. The standard InChI is InChI=1S/C20H21FN2O3S/c21-15-1-3-16(4-2-15)22-7-9-23(10-8-22)20(24)14-27-17-5-6-18-19(13-17)26-12-11-25-18/h1-6,13H,7-12,14H2. The summed E-state index contributed by atoms with van der Waals surface area (Å²) < 4.78 is 24.2. The lowest BCUT2D eigenvalue weighted by molar-refractivity contribution is -0.128. The molecule has 5 nitrogen and oxygen atoms in total. The molecule has 0 bridgehead atoms. The Balaban J connectivity index is 1.28. The Hall–Kier alpha value is -2.41. The number of amides is 1. The number of benzene rings is 2. The molecule has 0 unspecified atom stereocenters. The third-order valence-corrected chi connectivity index (χ3v) is 5.68. The predicted octanol–water partition coefficient (Wildman–Crippen LogP) is 3.04. The highest BCUT2D eigenvalue weighted by Gasteiger charge is 2.21. The summed E-state index contributed by atoms with van der Waals surface area (Å²) >= 11 is 1.51. The van der Waals surface area contributed by atoms with Gasteiger partial charge in [0, 0.05) is 36.8 Å². The highest BCUT2D eigenvalue weighted by molar-refractivity contribution is 8.00. The summed E-state index contributed by atoms with van der Waals surface area (Å²) in [7, 11) is 0. The molecule has 0 aromatic heterocycles. The summed E-state index contributed by atoms with van der Waals surface area (Å²) in [5.74, 6) is 1.80. The summed E-state index contributed by atoms with van der Waals surface area (Å²) in [4.78, 5) is 17.6. The molecule has 2 aromatic carbocycles. The number of fused-ring (bicyclic) bond motifs is 1. The number of ether oxygens (including phenoxy) is 2. The van der Waals surface area contributed by atoms with E-state index in [0.717, 1.165) is 35.2 Å². The van der Waals surface area contributed by atoms with Crippen molar-refractivity contribution in [3.05, 3.63) is 48.3 Å². The average Bonchev–Trinajstić information content (AvgIpc) is 2.72. The van der Waals surface area contributed by atoms with Crippen molar-refractivity contribution in [2.45, 2.75) is 4.90 Å². The third-order valence-electron chi connectivity index (χ3n) is 4.70. The Morgan fingerprint density at radius 3 is 2.41 bits per heavy atom. The molecule has 2 aromatic rings. The molecule has 0 N–H and O–H groups in total. The first-order chi connectivity index (χ1) is 13.2. The zero-order valence-electron chi connectivity index (χ0n) is 14.9. The zero-order chi connectivity index (χ0) is 18.6. The van der Waals surface area contributed by atoms with Crippen LogP contribution in [0.5, 0.6) is 11.5 Å². The molecule has 2 heterocycles. The van der Waals surface area contributed by atoms with Gasteiger partial charge in [0.25, 0.3) is 0 Å². The fourth-order valence-electron chi connectivity index (χ4n) is 3.22. The second kappa shape index (κ2) is 8.08. The van der Waals surface area contributed by atoms with Gasteiger partial charge in [-0.3, -0.25) is 4.79 Å². The summed E-state index contributed by atoms with van der Waals surface area (Å²) in [6, 6.07) is 12.3. The number of carbonyl (C=O) groups excluding carboxylic acids is 1. The van der Waals surface area contributed by atoms with Crippen LogP contribution in [0.1, 0.15) is 0 Å². The van der Waals surface area contributed by atoms with Crippen LogP contribution in [-0.2, 0) is 4.79 Å². The summed E-state index contributed by atoms with van der Waals surface area (Å²) in [5.41, 5.74) is 0.995. The highest BCUT2D eigenvalue weighted by Crippen LogP contribution is 2.34. The molecule has 1 saturated heterocycles. The van der Waals surface area contributed by atoms with E-state index in [1.54, 1.807) is 12.1 Å². The van der Waals surface area contributed by atoms with Crippen LogP contribution in [0.3, 0.4) is 0 Å². The predicted molar refractivity (Wildman–Crippen MR) is 103 cm³/mol. The minimum atomic E-state index is -0.233. The lowest BCUT2D eigenvalue weighted by Gasteiger charge is -2.36. The van der Waals surface area contributed by atoms with E-state index in [1.165, 1.54) is 23.9 Å². The molecular weight excluding hydrogens is 367 g/mol. The van der Waals surface area contributed by atoms with Crippen molar-refractivity contribution in [1.29, 1.82) is 0 Å². The molecule has 0 radical (unpaired) electrons. The molecule has 2 aliphatic heterocycles. The topological polar surface area (TPSA) is 42.0 Å². The van der Waals surface area contributed by atoms with Crippen LogP contribution in [-0.4, -0.2) is 56.0 Å². The van der Waals surface area contributed by atoms with E-state index in [-0.39, 0.29) is 11.7 Å². The largest absolute Gasteiger partial charge is 0.486 e. The van der Waals surface area contributed by atoms with Gasteiger partial charge in [0.15, 0.2) is 11.5 Å². The zero-order valence-corrected chi connectivity index (χ0v) is 15.7. The SMILES string of the molecule is O=C(CSc1ccc2c(c1)OCCO2)N1CCN(c2ccc(F)cc2)CC1. The van der Waals surface area contributed by atoms with E-state index in [9.17, 15) is 9.18 Å². The number of hydrogen-bond donors (Lipinski definition) is 0. The van der Waals surface area contributed by atoms with E-state index in [4.69, 9.17) is 9.47 Å². The lowest BCUT2D eigenvalue weighted by atomic mass is 10.2. The normalized spacial score (nSPS) is 16.3. The van der Waals surface area contributed by atoms with Crippen molar-refractivity contribution in [3.8, 4) is 11.5 Å². The number of nitrogens with zero attached hydrogens (tertiary/aromatic N) is 2. The second-order valence-corrected chi connectivity index (χ2v) is 7.49. The number of carbonyl (C=O) groups is 1. The van der Waals surface area contributed by atoms with Crippen LogP contribution in [0, 0.1) is 5.82 Å². The molecule has 0 spiro atoms. The van der Waals surface area contributed by atoms with E-state index in [0.29, 0.717) is 32.1 Å². The highest BCUT2D eigenvalue weighted by atomic mass is 32.2. The van der Waals surface area contributed by atoms with Gasteiger partial charge < -0.3 is 19.3 Å². The number of anilines is 1. The van der Waals surface area contributed by atoms with Crippen LogP contribution in [0.15, 0.2) is 47.4 Å². The third kappa shape index (κ3) is 4.30. The fourth-order valence-corrected chi connectivity index (χ4v) is 4.04. The van der Waals surface area contributed by atoms with Crippen molar-refractivity contribution in [1.82, 2.24) is 4.90 Å². The number of rotatable bonds is 4. The van der Waals surface area contributed by atoms with Gasteiger partial charge in [-0.25, -0.2) is 4.39 Å². The van der Waals surface area contributed by atoms with Crippen LogP contribution in [0.25, 0.3) is 0 Å². The first-order valence-electron chi connectivity index (χ1n) is 9.00. The Bertz CT molecular complexity index is 807. The maximum absolute atomic E-state index is 13.1. The van der Waals surface area contributed by atoms with Crippen LogP contribution >= 0.6 is 11.8 Å². The Kier molecular flexibility index (Phi) is 5.38. The quantitative estimate of drug-likeness (QED) is 0.753. The van der Waals surface area contributed by atoms with Gasteiger partial charge in [0.1, 0.15) is 19.0 Å². The minimum absolute atomic E-state index is 0.133. The van der Waals surface area contributed by atoms with E-state index < -0.39 is 0 Å². The van der Waals surface area contributed by atoms with Gasteiger partial charge in [-0.2, -0.15) is 0 Å². The molecule has 0 atom stereocenters. The summed E-state index contributed by atoms with van der Waals surface area (Å²) in [6.07, 6.45) is 0. The Labute approximate surface area is 162 Å². The van der Waals surface area contributed by atoms with Crippen molar-refractivity contribution < 1.29 is 18.7 Å². The Morgan fingerprint density at radius 2 is 1.67 bits per heavy atom. The van der Waals surface area contributed by atoms with Gasteiger partial charge in [0.2, 0.25) is 5.91 Å². The fraction of sp³-hybridized carbons (Fsp3) is 0.350. The lowest BCUT2D eigenvalue weighted by Crippen LogP contribution is -2.49. The van der Waals surface area contributed by atoms with Crippen molar-refractivity contribution in [2.24, 2.45) is 0 Å². The van der Waals surface area contributed by atoms with Crippen LogP contribution in [0.2, 0.25) is 0 Å². The molecular formula is C20H21FN2O3S. The van der Waals surface area contributed by atoms with Crippen molar-refractivity contribution in [3.63, 3.8) is 0 Å². The number of piperazine rings is 1. The van der Waals surface area contributed by atoms with Gasteiger partial charge in [-0.05, 0) is 42.5 Å². The first kappa shape index (κ1) is 18.0. The smallest absolute Gasteiger partial charge is 0.233 e. The van der Waals surface area contributed by atoms with E-state index in [2.05, 4.69) is 4.90 Å². The monoisotopic (exact) mass is 388 g/mol. The first-order valence-corrected chi connectivity index (χ1v) is 9.98. The molecule has 0 aliphatic carbocycles. The van der Waals surface area contributed by atoms with Crippen molar-refractivity contribution in [2.75, 3.05) is 50.0 Å². The molecule has 4 rings (SSSR count). The van der Waals surface area contributed by atoms with Crippen LogP contribution < -0.4 is 14.4 Å². The molecule has 7 heteroatoms. The summed E-state index contributed by atoms with van der Waals surface area (Å²) in [5, 5.41) is 0. The second-order valence-electron chi connectivity index (χ2n) is 6.44. The Morgan fingerprint density at radius 1 is 0.963 bits per heavy atom. The van der Waals surface area contributed by atoms with E-state index >= 15 is 0 Å². The maximum atomic E-state index is 13.1. The number of thioether (sulfide) groups is 1. The maximum Gasteiger partial charge on any atom is 0.233 e. The van der Waals surface area contributed by atoms with Gasteiger partial charge in [-0.15, -0.1) is 11.8 Å². The molecule has 27 heavy (non-hydrogen) atoms.